The second-order valence-corrected chi connectivity index (χ2v) is 8.11. The van der Waals surface area contributed by atoms with Crippen LogP contribution in [0.1, 0.15) is 51.9 Å². The molecule has 158 valence electrons. The summed E-state index contributed by atoms with van der Waals surface area (Å²) in [5.41, 5.74) is 4.10. The predicted octanol–water partition coefficient (Wildman–Crippen LogP) is 4.23. The van der Waals surface area contributed by atoms with E-state index in [1.54, 1.807) is 24.5 Å². The number of amides is 2. The minimum atomic E-state index is -0.226. The average molecular weight is 415 g/mol. The van der Waals surface area contributed by atoms with Crippen LogP contribution in [0.2, 0.25) is 0 Å². The number of hydrogen-bond donors (Lipinski definition) is 2. The lowest BCUT2D eigenvalue weighted by Gasteiger charge is -2.28. The molecular weight excluding hydrogens is 388 g/mol. The quantitative estimate of drug-likeness (QED) is 0.607. The van der Waals surface area contributed by atoms with Gasteiger partial charge in [-0.25, -0.2) is 0 Å². The second-order valence-electron chi connectivity index (χ2n) is 8.11. The summed E-state index contributed by atoms with van der Waals surface area (Å²) in [6, 6.07) is 18.8. The van der Waals surface area contributed by atoms with E-state index < -0.39 is 0 Å². The van der Waals surface area contributed by atoms with Crippen LogP contribution in [-0.4, -0.2) is 28.2 Å². The lowest BCUT2D eigenvalue weighted by atomic mass is 10.1. The highest BCUT2D eigenvalue weighted by Crippen LogP contribution is 2.34. The first-order chi connectivity index (χ1) is 15.0. The maximum atomic E-state index is 12.9. The molecule has 1 aliphatic heterocycles. The zero-order chi connectivity index (χ0) is 21.8. The molecule has 0 saturated carbocycles. The van der Waals surface area contributed by atoms with Crippen molar-refractivity contribution < 1.29 is 9.59 Å². The van der Waals surface area contributed by atoms with Crippen molar-refractivity contribution >= 4 is 17.5 Å². The van der Waals surface area contributed by atoms with E-state index in [-0.39, 0.29) is 18.0 Å². The zero-order valence-electron chi connectivity index (χ0n) is 17.7. The molecule has 1 atom stereocenters. The van der Waals surface area contributed by atoms with Crippen LogP contribution in [0.3, 0.4) is 0 Å². The first-order valence-corrected chi connectivity index (χ1v) is 10.5. The molecule has 31 heavy (non-hydrogen) atoms. The van der Waals surface area contributed by atoms with Gasteiger partial charge in [0.1, 0.15) is 6.17 Å². The van der Waals surface area contributed by atoms with Crippen LogP contribution in [-0.2, 0) is 6.54 Å². The number of pyridine rings is 1. The third-order valence-electron chi connectivity index (χ3n) is 5.25. The van der Waals surface area contributed by atoms with Gasteiger partial charge in [0.2, 0.25) is 0 Å². The molecule has 0 unspecified atom stereocenters. The Bertz CT molecular complexity index is 1060. The van der Waals surface area contributed by atoms with E-state index in [1.165, 1.54) is 0 Å². The van der Waals surface area contributed by atoms with E-state index in [9.17, 15) is 9.59 Å². The van der Waals surface area contributed by atoms with E-state index in [4.69, 9.17) is 0 Å². The van der Waals surface area contributed by atoms with Gasteiger partial charge in [-0.1, -0.05) is 38.1 Å². The fourth-order valence-corrected chi connectivity index (χ4v) is 3.77. The summed E-state index contributed by atoms with van der Waals surface area (Å²) in [6.45, 7) is 5.30. The largest absolute Gasteiger partial charge is 0.361 e. The number of aromatic nitrogens is 1. The standard InChI is InChI=1S/C25H26N4O2/c1-17(2)16-29-23(21-7-3-4-8-22(21)25(29)31)28-20-11-9-19(10-12-20)24(30)27-15-18-6-5-13-26-14-18/h3-14,17,23,28H,15-16H2,1-2H3,(H,27,30)/t23-/m1/s1. The van der Waals surface area contributed by atoms with E-state index in [1.807, 2.05) is 53.4 Å². The van der Waals surface area contributed by atoms with Gasteiger partial charge >= 0.3 is 0 Å². The van der Waals surface area contributed by atoms with Crippen LogP contribution in [0.25, 0.3) is 0 Å². The molecule has 6 nitrogen and oxygen atoms in total. The molecule has 0 radical (unpaired) electrons. The highest BCUT2D eigenvalue weighted by molar-refractivity contribution is 5.99. The topological polar surface area (TPSA) is 74.3 Å². The molecule has 1 aromatic heterocycles. The van der Waals surface area contributed by atoms with E-state index >= 15 is 0 Å². The number of rotatable bonds is 7. The molecule has 0 saturated heterocycles. The van der Waals surface area contributed by atoms with Gasteiger partial charge in [-0.15, -0.1) is 0 Å². The van der Waals surface area contributed by atoms with Gasteiger partial charge in [0.15, 0.2) is 0 Å². The van der Waals surface area contributed by atoms with Gasteiger partial charge in [0.25, 0.3) is 11.8 Å². The van der Waals surface area contributed by atoms with Crippen LogP contribution in [0.15, 0.2) is 73.1 Å². The first-order valence-electron chi connectivity index (χ1n) is 10.5. The van der Waals surface area contributed by atoms with Gasteiger partial charge in [0.05, 0.1) is 0 Å². The molecule has 3 aromatic rings. The fourth-order valence-electron chi connectivity index (χ4n) is 3.77. The number of carbonyl (C=O) groups excluding carboxylic acids is 2. The van der Waals surface area contributed by atoms with Gasteiger partial charge in [-0.3, -0.25) is 14.6 Å². The number of anilines is 1. The van der Waals surface area contributed by atoms with Crippen molar-refractivity contribution in [3.8, 4) is 0 Å². The molecule has 1 aliphatic rings. The summed E-state index contributed by atoms with van der Waals surface area (Å²) < 4.78 is 0. The molecule has 4 rings (SSSR count). The normalized spacial score (nSPS) is 15.1. The summed E-state index contributed by atoms with van der Waals surface area (Å²) in [5, 5.41) is 6.38. The van der Waals surface area contributed by atoms with Crippen molar-refractivity contribution in [1.29, 1.82) is 0 Å². The van der Waals surface area contributed by atoms with Crippen LogP contribution in [0, 0.1) is 5.92 Å². The molecule has 0 bridgehead atoms. The Balaban J connectivity index is 1.46. The number of nitrogens with zero attached hydrogens (tertiary/aromatic N) is 2. The lowest BCUT2D eigenvalue weighted by molar-refractivity contribution is 0.0720. The van der Waals surface area contributed by atoms with Crippen molar-refractivity contribution in [2.24, 2.45) is 5.92 Å². The van der Waals surface area contributed by atoms with E-state index in [0.29, 0.717) is 24.6 Å². The molecule has 2 heterocycles. The summed E-state index contributed by atoms with van der Waals surface area (Å²) >= 11 is 0. The Kier molecular flexibility index (Phi) is 5.98. The van der Waals surface area contributed by atoms with Gasteiger partial charge in [-0.05, 0) is 47.9 Å². The lowest BCUT2D eigenvalue weighted by Crippen LogP contribution is -2.35. The Labute approximate surface area is 182 Å². The maximum absolute atomic E-state index is 12.9. The van der Waals surface area contributed by atoms with Crippen molar-refractivity contribution in [1.82, 2.24) is 15.2 Å². The highest BCUT2D eigenvalue weighted by atomic mass is 16.2. The zero-order valence-corrected chi connectivity index (χ0v) is 17.7. The van der Waals surface area contributed by atoms with Crippen LogP contribution in [0.5, 0.6) is 0 Å². The third-order valence-corrected chi connectivity index (χ3v) is 5.25. The Morgan fingerprint density at radius 3 is 2.55 bits per heavy atom. The summed E-state index contributed by atoms with van der Waals surface area (Å²) in [4.78, 5) is 31.3. The number of benzene rings is 2. The number of fused-ring (bicyclic) bond motifs is 1. The highest BCUT2D eigenvalue weighted by Gasteiger charge is 2.36. The SMILES string of the molecule is CC(C)CN1C(=O)c2ccccc2[C@@H]1Nc1ccc(C(=O)NCc2cccnc2)cc1. The molecular formula is C25H26N4O2. The van der Waals surface area contributed by atoms with Gasteiger partial charge in [0, 0.05) is 47.9 Å². The number of nitrogens with one attached hydrogen (secondary N) is 2. The van der Waals surface area contributed by atoms with Crippen molar-refractivity contribution in [3.63, 3.8) is 0 Å². The molecule has 0 fully saturated rings. The predicted molar refractivity (Wildman–Crippen MR) is 121 cm³/mol. The average Bonchev–Trinajstić information content (AvgIpc) is 3.04. The minimum Gasteiger partial charge on any atom is -0.361 e. The number of hydrogen-bond acceptors (Lipinski definition) is 4. The Hall–Kier alpha value is -3.67. The van der Waals surface area contributed by atoms with E-state index in [0.717, 1.165) is 22.4 Å². The van der Waals surface area contributed by atoms with Gasteiger partial charge < -0.3 is 15.5 Å². The summed E-state index contributed by atoms with van der Waals surface area (Å²) in [6.07, 6.45) is 3.21. The van der Waals surface area contributed by atoms with Gasteiger partial charge in [-0.2, -0.15) is 0 Å². The first kappa shape index (κ1) is 20.6. The third kappa shape index (κ3) is 4.58. The summed E-state index contributed by atoms with van der Waals surface area (Å²) in [5.74, 6) is 0.264. The summed E-state index contributed by atoms with van der Waals surface area (Å²) in [7, 11) is 0. The van der Waals surface area contributed by atoms with Crippen molar-refractivity contribution in [2.75, 3.05) is 11.9 Å². The molecule has 2 N–H and O–H groups in total. The molecule has 6 heteroatoms. The van der Waals surface area contributed by atoms with E-state index in [2.05, 4.69) is 29.5 Å². The minimum absolute atomic E-state index is 0.0493. The number of carbonyl (C=O) groups is 2. The van der Waals surface area contributed by atoms with Crippen LogP contribution in [0.4, 0.5) is 5.69 Å². The molecule has 2 aromatic carbocycles. The fraction of sp³-hybridized carbons (Fsp3) is 0.240. The second kappa shape index (κ2) is 9.00. The smallest absolute Gasteiger partial charge is 0.256 e. The molecule has 0 aliphatic carbocycles. The monoisotopic (exact) mass is 414 g/mol. The maximum Gasteiger partial charge on any atom is 0.256 e. The van der Waals surface area contributed by atoms with Crippen LogP contribution < -0.4 is 10.6 Å². The van der Waals surface area contributed by atoms with Crippen molar-refractivity contribution in [2.45, 2.75) is 26.6 Å². The molecule has 2 amide bonds. The Morgan fingerprint density at radius 1 is 1.06 bits per heavy atom. The van der Waals surface area contributed by atoms with Crippen molar-refractivity contribution in [3.05, 3.63) is 95.3 Å². The van der Waals surface area contributed by atoms with Crippen LogP contribution >= 0.6 is 0 Å². The molecule has 0 spiro atoms. The Morgan fingerprint density at radius 2 is 1.84 bits per heavy atom.